The Balaban J connectivity index is 3.86. The number of unbranched alkanes of at least 4 members (excludes halogenated alkanes) is 5. The summed E-state index contributed by atoms with van der Waals surface area (Å²) in [5.74, 6) is -0.129. The van der Waals surface area contributed by atoms with Crippen molar-refractivity contribution in [2.45, 2.75) is 129 Å². The predicted octanol–water partition coefficient (Wildman–Crippen LogP) is 10.1. The van der Waals surface area contributed by atoms with E-state index in [1.807, 2.05) is 6.08 Å². The molecule has 2 unspecified atom stereocenters. The van der Waals surface area contributed by atoms with Gasteiger partial charge in [0.05, 0.1) is 18.8 Å². The van der Waals surface area contributed by atoms with Crippen LogP contribution in [0.25, 0.3) is 0 Å². The van der Waals surface area contributed by atoms with Gasteiger partial charge in [0.1, 0.15) is 0 Å². The van der Waals surface area contributed by atoms with Crippen LogP contribution in [-0.4, -0.2) is 34.9 Å². The van der Waals surface area contributed by atoms with Crippen molar-refractivity contribution in [2.75, 3.05) is 6.61 Å². The smallest absolute Gasteiger partial charge is 0.220 e. The number of carbonyl (C=O) groups excluding carboxylic acids is 1. The number of aliphatic hydroxyl groups is 2. The Morgan fingerprint density at radius 3 is 1.48 bits per heavy atom. The van der Waals surface area contributed by atoms with Crippen LogP contribution in [-0.2, 0) is 4.79 Å². The summed E-state index contributed by atoms with van der Waals surface area (Å²) in [6, 6.07) is -0.674. The lowest BCUT2D eigenvalue weighted by Gasteiger charge is -2.19. The van der Waals surface area contributed by atoms with Crippen molar-refractivity contribution in [2.24, 2.45) is 0 Å². The SMILES string of the molecule is CC/C=C\C/C=C\C/C=C\C/C=C\C/C=C\C/C=C\CCCCC(=O)NC(CO)C(O)/C=C/CC/C=C/CC/C=C/CCC. The van der Waals surface area contributed by atoms with Gasteiger partial charge in [-0.3, -0.25) is 4.79 Å². The van der Waals surface area contributed by atoms with Gasteiger partial charge in [-0.25, -0.2) is 0 Å². The highest BCUT2D eigenvalue weighted by molar-refractivity contribution is 5.76. The van der Waals surface area contributed by atoms with Crippen molar-refractivity contribution < 1.29 is 15.0 Å². The van der Waals surface area contributed by atoms with Gasteiger partial charge in [-0.15, -0.1) is 0 Å². The molecule has 0 spiro atoms. The Bertz CT molecular complexity index is 917. The Kier molecular flexibility index (Phi) is 32.2. The molecule has 4 heteroatoms. The van der Waals surface area contributed by atoms with Gasteiger partial charge in [0, 0.05) is 6.42 Å². The molecule has 2 atom stereocenters. The maximum absolute atomic E-state index is 12.3. The molecule has 0 aliphatic rings. The molecule has 0 bridgehead atoms. The first kappa shape index (κ1) is 41.0. The summed E-state index contributed by atoms with van der Waals surface area (Å²) in [4.78, 5) is 12.3. The Labute approximate surface area is 270 Å². The van der Waals surface area contributed by atoms with Gasteiger partial charge in [0.2, 0.25) is 5.91 Å². The number of hydrogen-bond acceptors (Lipinski definition) is 3. The lowest BCUT2D eigenvalue weighted by molar-refractivity contribution is -0.123. The highest BCUT2D eigenvalue weighted by Gasteiger charge is 2.17. The molecule has 3 N–H and O–H groups in total. The molecule has 1 amide bonds. The highest BCUT2D eigenvalue weighted by atomic mass is 16.3. The van der Waals surface area contributed by atoms with Gasteiger partial charge in [0.25, 0.3) is 0 Å². The van der Waals surface area contributed by atoms with E-state index in [2.05, 4.69) is 116 Å². The van der Waals surface area contributed by atoms with Gasteiger partial charge in [-0.1, -0.05) is 130 Å². The zero-order chi connectivity index (χ0) is 32.2. The molecule has 0 aromatic carbocycles. The van der Waals surface area contributed by atoms with E-state index < -0.39 is 12.1 Å². The van der Waals surface area contributed by atoms with Crippen LogP contribution in [0.15, 0.2) is 109 Å². The van der Waals surface area contributed by atoms with E-state index in [0.29, 0.717) is 6.42 Å². The van der Waals surface area contributed by atoms with E-state index in [-0.39, 0.29) is 12.5 Å². The summed E-state index contributed by atoms with van der Waals surface area (Å²) in [5.41, 5.74) is 0. The summed E-state index contributed by atoms with van der Waals surface area (Å²) in [6.45, 7) is 4.04. The van der Waals surface area contributed by atoms with Gasteiger partial charge in [-0.05, 0) is 89.9 Å². The zero-order valence-electron chi connectivity index (χ0n) is 27.9. The average Bonchev–Trinajstić information content (AvgIpc) is 3.03. The average molecular weight is 606 g/mol. The maximum atomic E-state index is 12.3. The Morgan fingerprint density at radius 1 is 0.568 bits per heavy atom. The molecule has 0 aliphatic carbocycles. The quantitative estimate of drug-likeness (QED) is 0.0614. The minimum atomic E-state index is -0.893. The molecule has 246 valence electrons. The molecule has 0 saturated carbocycles. The number of nitrogens with one attached hydrogen (secondary N) is 1. The number of hydrogen-bond donors (Lipinski definition) is 3. The lowest BCUT2D eigenvalue weighted by Crippen LogP contribution is -2.45. The number of carbonyl (C=O) groups is 1. The third-order valence-electron chi connectivity index (χ3n) is 6.70. The zero-order valence-corrected chi connectivity index (χ0v) is 27.9. The highest BCUT2D eigenvalue weighted by Crippen LogP contribution is 2.05. The molecule has 0 heterocycles. The van der Waals surface area contributed by atoms with Crippen LogP contribution < -0.4 is 5.32 Å². The second kappa shape index (κ2) is 34.5. The summed E-state index contributed by atoms with van der Waals surface area (Å²) < 4.78 is 0. The predicted molar refractivity (Wildman–Crippen MR) is 193 cm³/mol. The minimum Gasteiger partial charge on any atom is -0.394 e. The van der Waals surface area contributed by atoms with E-state index in [4.69, 9.17) is 0 Å². The van der Waals surface area contributed by atoms with Crippen molar-refractivity contribution >= 4 is 5.91 Å². The van der Waals surface area contributed by atoms with Gasteiger partial charge in [-0.2, -0.15) is 0 Å². The summed E-state index contributed by atoms with van der Waals surface area (Å²) >= 11 is 0. The van der Waals surface area contributed by atoms with Gasteiger partial charge < -0.3 is 15.5 Å². The van der Waals surface area contributed by atoms with Gasteiger partial charge >= 0.3 is 0 Å². The van der Waals surface area contributed by atoms with Crippen LogP contribution >= 0.6 is 0 Å². The second-order valence-electron chi connectivity index (χ2n) is 10.8. The van der Waals surface area contributed by atoms with E-state index in [0.717, 1.165) is 89.9 Å². The van der Waals surface area contributed by atoms with E-state index in [1.165, 1.54) is 6.42 Å². The van der Waals surface area contributed by atoms with Gasteiger partial charge in [0.15, 0.2) is 0 Å². The summed E-state index contributed by atoms with van der Waals surface area (Å²) in [6.07, 6.45) is 53.1. The number of allylic oxidation sites excluding steroid dienone is 17. The largest absolute Gasteiger partial charge is 0.394 e. The van der Waals surface area contributed by atoms with E-state index in [1.54, 1.807) is 6.08 Å². The molecule has 0 aromatic heterocycles. The molecule has 44 heavy (non-hydrogen) atoms. The number of amides is 1. The lowest BCUT2D eigenvalue weighted by atomic mass is 10.1. The normalized spacial score (nSPS) is 14.5. The summed E-state index contributed by atoms with van der Waals surface area (Å²) in [7, 11) is 0. The van der Waals surface area contributed by atoms with Crippen molar-refractivity contribution in [1.82, 2.24) is 5.32 Å². The Hall–Kier alpha value is -2.95. The van der Waals surface area contributed by atoms with Crippen LogP contribution in [0.1, 0.15) is 117 Å². The fourth-order valence-electron chi connectivity index (χ4n) is 4.10. The molecule has 0 fully saturated rings. The molecule has 0 rings (SSSR count). The van der Waals surface area contributed by atoms with Crippen molar-refractivity contribution in [3.8, 4) is 0 Å². The van der Waals surface area contributed by atoms with Crippen LogP contribution in [0.3, 0.4) is 0 Å². The summed E-state index contributed by atoms with van der Waals surface area (Å²) in [5, 5.41) is 22.7. The van der Waals surface area contributed by atoms with Crippen molar-refractivity contribution in [3.05, 3.63) is 109 Å². The topological polar surface area (TPSA) is 69.6 Å². The van der Waals surface area contributed by atoms with Crippen LogP contribution in [0.2, 0.25) is 0 Å². The molecule has 0 aromatic rings. The standard InChI is InChI=1S/C40H63NO3/c1-3-5-7-9-11-13-15-16-17-18-19-20-21-22-23-24-26-28-30-32-34-36-40(44)41-38(37-42)39(43)35-33-31-29-27-25-14-12-10-8-6-4-2/h5,7-8,10-11,13,16-17,19-20,22-23,25-28,33,35,38-39,42-43H,3-4,6,9,12,14-15,18,21,24,29-32,34,36-37H2,1-2H3,(H,41,44)/b7-5-,10-8+,13-11-,17-16-,20-19-,23-22-,27-25+,28-26-,35-33+. The van der Waals surface area contributed by atoms with E-state index in [9.17, 15) is 15.0 Å². The Morgan fingerprint density at radius 2 is 1.00 bits per heavy atom. The van der Waals surface area contributed by atoms with Crippen molar-refractivity contribution in [3.63, 3.8) is 0 Å². The first-order chi connectivity index (χ1) is 21.7. The van der Waals surface area contributed by atoms with Crippen molar-refractivity contribution in [1.29, 1.82) is 0 Å². The number of aliphatic hydroxyl groups excluding tert-OH is 2. The van der Waals surface area contributed by atoms with E-state index >= 15 is 0 Å². The fraction of sp³-hybridized carbons (Fsp3) is 0.525. The third-order valence-corrected chi connectivity index (χ3v) is 6.70. The molecule has 0 saturated heterocycles. The maximum Gasteiger partial charge on any atom is 0.220 e. The second-order valence-corrected chi connectivity index (χ2v) is 10.8. The number of rotatable bonds is 28. The molecular weight excluding hydrogens is 542 g/mol. The molecule has 4 nitrogen and oxygen atoms in total. The first-order valence-electron chi connectivity index (χ1n) is 17.1. The minimum absolute atomic E-state index is 0.129. The molecule has 0 radical (unpaired) electrons. The van der Waals surface area contributed by atoms with Crippen LogP contribution in [0.4, 0.5) is 0 Å². The third kappa shape index (κ3) is 30.5. The fourth-order valence-corrected chi connectivity index (χ4v) is 4.10. The van der Waals surface area contributed by atoms with Crippen LogP contribution in [0.5, 0.6) is 0 Å². The van der Waals surface area contributed by atoms with Crippen LogP contribution in [0, 0.1) is 0 Å². The molecular formula is C40H63NO3. The first-order valence-corrected chi connectivity index (χ1v) is 17.1. The molecule has 0 aliphatic heterocycles. The monoisotopic (exact) mass is 605 g/mol.